The van der Waals surface area contributed by atoms with E-state index in [-0.39, 0.29) is 16.3 Å². The molecule has 0 saturated heterocycles. The van der Waals surface area contributed by atoms with Gasteiger partial charge in [-0.1, -0.05) is 44.8 Å². The number of benzene rings is 1. The molecule has 0 aliphatic carbocycles. The van der Waals surface area contributed by atoms with Crippen molar-refractivity contribution >= 4 is 37.8 Å². The maximum absolute atomic E-state index is 12.0. The molecule has 1 amide bonds. The van der Waals surface area contributed by atoms with E-state index in [0.717, 1.165) is 4.47 Å². The van der Waals surface area contributed by atoms with Crippen molar-refractivity contribution in [3.63, 3.8) is 0 Å². The number of hydrogen-bond acceptors (Lipinski definition) is 1. The Balaban J connectivity index is 2.81. The van der Waals surface area contributed by atoms with Gasteiger partial charge in [0.1, 0.15) is 0 Å². The van der Waals surface area contributed by atoms with E-state index in [1.54, 1.807) is 6.07 Å². The third-order valence-corrected chi connectivity index (χ3v) is 4.15. The zero-order valence-corrected chi connectivity index (χ0v) is 12.7. The van der Waals surface area contributed by atoms with Crippen molar-refractivity contribution in [2.24, 2.45) is 0 Å². The number of hydrogen-bond donors (Lipinski definition) is 1. The molecule has 0 saturated carbocycles. The van der Waals surface area contributed by atoms with Crippen LogP contribution < -0.4 is 5.32 Å². The van der Waals surface area contributed by atoms with Gasteiger partial charge in [0.05, 0.1) is 0 Å². The van der Waals surface area contributed by atoms with Crippen LogP contribution >= 0.6 is 31.9 Å². The molecule has 88 valence electrons. The predicted molar refractivity (Wildman–Crippen MR) is 74.1 cm³/mol. The topological polar surface area (TPSA) is 29.1 Å². The Kier molecular flexibility index (Phi) is 4.56. The van der Waals surface area contributed by atoms with Gasteiger partial charge in [-0.3, -0.25) is 4.79 Å². The molecule has 0 radical (unpaired) electrons. The van der Waals surface area contributed by atoms with E-state index in [0.29, 0.717) is 5.56 Å². The van der Waals surface area contributed by atoms with Crippen molar-refractivity contribution < 1.29 is 4.79 Å². The van der Waals surface area contributed by atoms with Gasteiger partial charge < -0.3 is 5.32 Å². The first-order valence-corrected chi connectivity index (χ1v) is 6.76. The molecule has 1 rings (SSSR count). The molecule has 16 heavy (non-hydrogen) atoms. The Hall–Kier alpha value is -0.350. The van der Waals surface area contributed by atoms with Gasteiger partial charge in [0, 0.05) is 20.4 Å². The minimum atomic E-state index is -0.278. The van der Waals surface area contributed by atoms with Crippen molar-refractivity contribution in [3.8, 4) is 0 Å². The highest BCUT2D eigenvalue weighted by atomic mass is 79.9. The first kappa shape index (κ1) is 13.7. The molecule has 0 spiro atoms. The second-order valence-corrected chi connectivity index (χ2v) is 6.59. The van der Waals surface area contributed by atoms with Gasteiger partial charge in [-0.25, -0.2) is 0 Å². The fourth-order valence-electron chi connectivity index (χ4n) is 1.09. The highest BCUT2D eigenvalue weighted by Crippen LogP contribution is 2.18. The largest absolute Gasteiger partial charge is 0.346 e. The van der Waals surface area contributed by atoms with Gasteiger partial charge in [0.2, 0.25) is 0 Å². The van der Waals surface area contributed by atoms with Crippen LogP contribution in [0, 0.1) is 0 Å². The van der Waals surface area contributed by atoms with E-state index in [1.807, 2.05) is 39.0 Å². The minimum Gasteiger partial charge on any atom is -0.346 e. The zero-order chi connectivity index (χ0) is 12.3. The number of amides is 1. The molecule has 4 heteroatoms. The standard InChI is InChI=1S/C12H15Br2NO/c1-8(13)12(2,3)15-11(16)9-5-4-6-10(14)7-9/h4-8H,1-3H3,(H,15,16). The molecule has 1 aromatic carbocycles. The third kappa shape index (κ3) is 3.59. The molecule has 0 aliphatic heterocycles. The highest BCUT2D eigenvalue weighted by molar-refractivity contribution is 9.10. The molecule has 0 bridgehead atoms. The van der Waals surface area contributed by atoms with E-state index >= 15 is 0 Å². The molecule has 0 aliphatic rings. The summed E-state index contributed by atoms with van der Waals surface area (Å²) in [6, 6.07) is 7.36. The second-order valence-electron chi connectivity index (χ2n) is 4.30. The van der Waals surface area contributed by atoms with Crippen LogP contribution in [-0.2, 0) is 0 Å². The summed E-state index contributed by atoms with van der Waals surface area (Å²) in [6.07, 6.45) is 0. The van der Waals surface area contributed by atoms with Crippen LogP contribution in [0.2, 0.25) is 0 Å². The third-order valence-electron chi connectivity index (χ3n) is 2.52. The average Bonchev–Trinajstić information content (AvgIpc) is 2.16. The van der Waals surface area contributed by atoms with Gasteiger partial charge in [-0.05, 0) is 32.0 Å². The summed E-state index contributed by atoms with van der Waals surface area (Å²) >= 11 is 6.84. The summed E-state index contributed by atoms with van der Waals surface area (Å²) in [4.78, 5) is 12.2. The number of nitrogens with one attached hydrogen (secondary N) is 1. The lowest BCUT2D eigenvalue weighted by atomic mass is 10.0. The second kappa shape index (κ2) is 5.32. The number of rotatable bonds is 3. The average molecular weight is 349 g/mol. The van der Waals surface area contributed by atoms with Crippen LogP contribution in [0.1, 0.15) is 31.1 Å². The Morgan fingerprint density at radius 1 is 1.44 bits per heavy atom. The van der Waals surface area contributed by atoms with E-state index in [9.17, 15) is 4.79 Å². The van der Waals surface area contributed by atoms with Crippen LogP contribution in [0.3, 0.4) is 0 Å². The summed E-state index contributed by atoms with van der Waals surface area (Å²) in [7, 11) is 0. The van der Waals surface area contributed by atoms with Crippen LogP contribution in [0.25, 0.3) is 0 Å². The SMILES string of the molecule is CC(Br)C(C)(C)NC(=O)c1cccc(Br)c1. The predicted octanol–water partition coefficient (Wildman–Crippen LogP) is 3.74. The Bertz CT molecular complexity index is 388. The van der Waals surface area contributed by atoms with E-state index in [2.05, 4.69) is 37.2 Å². The lowest BCUT2D eigenvalue weighted by Gasteiger charge is -2.29. The van der Waals surface area contributed by atoms with Crippen molar-refractivity contribution in [3.05, 3.63) is 34.3 Å². The number of halogens is 2. The molecule has 0 aromatic heterocycles. The molecular formula is C12H15Br2NO. The molecule has 0 heterocycles. The van der Waals surface area contributed by atoms with Gasteiger partial charge in [-0.2, -0.15) is 0 Å². The Morgan fingerprint density at radius 2 is 2.06 bits per heavy atom. The summed E-state index contributed by atoms with van der Waals surface area (Å²) < 4.78 is 0.907. The van der Waals surface area contributed by atoms with Crippen molar-refractivity contribution in [2.75, 3.05) is 0 Å². The highest BCUT2D eigenvalue weighted by Gasteiger charge is 2.26. The van der Waals surface area contributed by atoms with Crippen LogP contribution in [-0.4, -0.2) is 16.3 Å². The van der Waals surface area contributed by atoms with E-state index < -0.39 is 0 Å². The summed E-state index contributed by atoms with van der Waals surface area (Å²) in [5.74, 6) is -0.0578. The minimum absolute atomic E-state index is 0.0578. The van der Waals surface area contributed by atoms with Gasteiger partial charge in [0.25, 0.3) is 5.91 Å². The van der Waals surface area contributed by atoms with Gasteiger partial charge in [0.15, 0.2) is 0 Å². The molecule has 2 nitrogen and oxygen atoms in total. The maximum atomic E-state index is 12.0. The molecule has 1 aromatic rings. The monoisotopic (exact) mass is 347 g/mol. The molecule has 1 N–H and O–H groups in total. The quantitative estimate of drug-likeness (QED) is 0.828. The van der Waals surface area contributed by atoms with Crippen LogP contribution in [0.15, 0.2) is 28.7 Å². The maximum Gasteiger partial charge on any atom is 0.251 e. The molecule has 1 unspecified atom stereocenters. The first-order chi connectivity index (χ1) is 7.33. The molecular weight excluding hydrogens is 334 g/mol. The Labute approximate surface area is 113 Å². The van der Waals surface area contributed by atoms with E-state index in [4.69, 9.17) is 0 Å². The molecule has 0 fully saturated rings. The first-order valence-electron chi connectivity index (χ1n) is 5.05. The summed E-state index contributed by atoms with van der Waals surface area (Å²) in [5.41, 5.74) is 0.384. The summed E-state index contributed by atoms with van der Waals surface area (Å²) in [5, 5.41) is 2.99. The van der Waals surface area contributed by atoms with E-state index in [1.165, 1.54) is 0 Å². The number of alkyl halides is 1. The summed E-state index contributed by atoms with van der Waals surface area (Å²) in [6.45, 7) is 5.99. The van der Waals surface area contributed by atoms with Crippen molar-refractivity contribution in [1.29, 1.82) is 0 Å². The lowest BCUT2D eigenvalue weighted by Crippen LogP contribution is -2.48. The number of carbonyl (C=O) groups excluding carboxylic acids is 1. The van der Waals surface area contributed by atoms with Gasteiger partial charge in [-0.15, -0.1) is 0 Å². The van der Waals surface area contributed by atoms with Crippen molar-refractivity contribution in [2.45, 2.75) is 31.1 Å². The Morgan fingerprint density at radius 3 is 2.56 bits per heavy atom. The lowest BCUT2D eigenvalue weighted by molar-refractivity contribution is 0.0914. The normalized spacial score (nSPS) is 13.3. The van der Waals surface area contributed by atoms with Crippen molar-refractivity contribution in [1.82, 2.24) is 5.32 Å². The zero-order valence-electron chi connectivity index (χ0n) is 9.55. The number of carbonyl (C=O) groups is 1. The fraction of sp³-hybridized carbons (Fsp3) is 0.417. The fourth-order valence-corrected chi connectivity index (χ4v) is 1.61. The smallest absolute Gasteiger partial charge is 0.251 e. The molecule has 1 atom stereocenters. The van der Waals surface area contributed by atoms with Gasteiger partial charge >= 0.3 is 0 Å². The van der Waals surface area contributed by atoms with Crippen LogP contribution in [0.5, 0.6) is 0 Å². The van der Waals surface area contributed by atoms with Crippen LogP contribution in [0.4, 0.5) is 0 Å².